The number of carboxylic acid groups (broad SMARTS) is 1. The zero-order chi connectivity index (χ0) is 14.9. The second-order valence-corrected chi connectivity index (χ2v) is 4.22. The quantitative estimate of drug-likeness (QED) is 0.896. The van der Waals surface area contributed by atoms with Crippen LogP contribution in [0, 0.1) is 12.7 Å². The molecule has 2 aromatic rings. The van der Waals surface area contributed by atoms with Gasteiger partial charge in [0.1, 0.15) is 5.82 Å². The van der Waals surface area contributed by atoms with Crippen LogP contribution in [0.5, 0.6) is 0 Å². The van der Waals surface area contributed by atoms with Crippen molar-refractivity contribution in [3.63, 3.8) is 0 Å². The topological polar surface area (TPSA) is 84.2 Å². The van der Waals surface area contributed by atoms with Crippen LogP contribution in [0.15, 0.2) is 24.4 Å². The van der Waals surface area contributed by atoms with Crippen LogP contribution in [0.3, 0.4) is 0 Å². The van der Waals surface area contributed by atoms with E-state index in [2.05, 4.69) is 10.4 Å². The van der Waals surface area contributed by atoms with E-state index in [1.54, 1.807) is 14.0 Å². The maximum Gasteiger partial charge on any atom is 0.335 e. The Bertz CT molecular complexity index is 694. The van der Waals surface area contributed by atoms with Crippen molar-refractivity contribution in [2.24, 2.45) is 7.05 Å². The van der Waals surface area contributed by atoms with Crippen molar-refractivity contribution in [1.82, 2.24) is 9.78 Å². The Morgan fingerprint density at radius 1 is 1.40 bits per heavy atom. The molecule has 1 heterocycles. The summed E-state index contributed by atoms with van der Waals surface area (Å²) in [4.78, 5) is 22.8. The molecule has 1 aromatic carbocycles. The lowest BCUT2D eigenvalue weighted by molar-refractivity contribution is 0.0696. The molecule has 20 heavy (non-hydrogen) atoms. The number of carbonyl (C=O) groups excluding carboxylic acids is 1. The zero-order valence-electron chi connectivity index (χ0n) is 10.8. The number of rotatable bonds is 3. The number of halogens is 1. The largest absolute Gasteiger partial charge is 0.478 e. The second-order valence-electron chi connectivity index (χ2n) is 4.22. The van der Waals surface area contributed by atoms with Gasteiger partial charge in [0.2, 0.25) is 0 Å². The molecule has 0 aliphatic rings. The van der Waals surface area contributed by atoms with Crippen molar-refractivity contribution in [1.29, 1.82) is 0 Å². The Kier molecular flexibility index (Phi) is 3.51. The number of anilines is 1. The molecular formula is C13H12FN3O3. The second kappa shape index (κ2) is 5.12. The number of carboxylic acids is 1. The van der Waals surface area contributed by atoms with Gasteiger partial charge in [-0.3, -0.25) is 9.48 Å². The first-order valence-electron chi connectivity index (χ1n) is 5.73. The van der Waals surface area contributed by atoms with E-state index < -0.39 is 17.7 Å². The van der Waals surface area contributed by atoms with Crippen LogP contribution in [-0.2, 0) is 7.05 Å². The van der Waals surface area contributed by atoms with Gasteiger partial charge in [-0.1, -0.05) is 0 Å². The minimum absolute atomic E-state index is 0.107. The van der Waals surface area contributed by atoms with E-state index in [0.29, 0.717) is 11.3 Å². The van der Waals surface area contributed by atoms with E-state index in [4.69, 9.17) is 5.11 Å². The Hall–Kier alpha value is -2.70. The number of amides is 1. The Morgan fingerprint density at radius 2 is 2.10 bits per heavy atom. The molecular weight excluding hydrogens is 265 g/mol. The predicted octanol–water partition coefficient (Wildman–Crippen LogP) is 1.82. The van der Waals surface area contributed by atoms with Crippen molar-refractivity contribution < 1.29 is 19.1 Å². The minimum atomic E-state index is -1.20. The smallest absolute Gasteiger partial charge is 0.335 e. The van der Waals surface area contributed by atoms with Crippen molar-refractivity contribution in [3.05, 3.63) is 47.0 Å². The van der Waals surface area contributed by atoms with Crippen molar-refractivity contribution in [2.75, 3.05) is 5.32 Å². The summed E-state index contributed by atoms with van der Waals surface area (Å²) in [5.41, 5.74) is 0.632. The van der Waals surface area contributed by atoms with Gasteiger partial charge < -0.3 is 10.4 Å². The Balaban J connectivity index is 2.30. The van der Waals surface area contributed by atoms with Gasteiger partial charge in [-0.25, -0.2) is 9.18 Å². The lowest BCUT2D eigenvalue weighted by Gasteiger charge is -2.07. The number of hydrogen-bond donors (Lipinski definition) is 2. The summed E-state index contributed by atoms with van der Waals surface area (Å²) in [6, 6.07) is 3.19. The lowest BCUT2D eigenvalue weighted by Crippen LogP contribution is -2.14. The molecule has 7 heteroatoms. The first kappa shape index (κ1) is 13.7. The van der Waals surface area contributed by atoms with E-state index in [1.165, 1.54) is 10.9 Å². The van der Waals surface area contributed by atoms with Crippen LogP contribution in [-0.4, -0.2) is 26.8 Å². The van der Waals surface area contributed by atoms with Gasteiger partial charge in [0, 0.05) is 12.7 Å². The molecule has 0 saturated carbocycles. The third kappa shape index (κ3) is 2.51. The predicted molar refractivity (Wildman–Crippen MR) is 69.3 cm³/mol. The molecule has 0 bridgehead atoms. The summed E-state index contributed by atoms with van der Waals surface area (Å²) in [7, 11) is 1.68. The summed E-state index contributed by atoms with van der Waals surface area (Å²) >= 11 is 0. The molecule has 0 atom stereocenters. The number of benzene rings is 1. The number of carbonyl (C=O) groups is 2. The fourth-order valence-electron chi connectivity index (χ4n) is 1.67. The molecule has 0 unspecified atom stereocenters. The average molecular weight is 277 g/mol. The van der Waals surface area contributed by atoms with Gasteiger partial charge in [-0.15, -0.1) is 0 Å². The van der Waals surface area contributed by atoms with E-state index in [-0.39, 0.29) is 11.3 Å². The summed E-state index contributed by atoms with van der Waals surface area (Å²) in [6.07, 6.45) is 1.36. The van der Waals surface area contributed by atoms with Crippen LogP contribution in [0.2, 0.25) is 0 Å². The highest BCUT2D eigenvalue weighted by atomic mass is 19.1. The van der Waals surface area contributed by atoms with Crippen LogP contribution >= 0.6 is 0 Å². The van der Waals surface area contributed by atoms with Gasteiger partial charge in [0.25, 0.3) is 5.91 Å². The number of hydrogen-bond acceptors (Lipinski definition) is 3. The SMILES string of the molecule is Cc1c(C(=O)Nc2cc(C(=O)O)ccc2F)cnn1C. The molecule has 0 saturated heterocycles. The summed E-state index contributed by atoms with van der Waals surface area (Å²) in [6.45, 7) is 1.70. The van der Waals surface area contributed by atoms with Gasteiger partial charge in [-0.05, 0) is 25.1 Å². The number of aromatic carboxylic acids is 1. The van der Waals surface area contributed by atoms with E-state index in [0.717, 1.165) is 18.2 Å². The first-order valence-corrected chi connectivity index (χ1v) is 5.73. The highest BCUT2D eigenvalue weighted by Gasteiger charge is 2.16. The van der Waals surface area contributed by atoms with E-state index in [9.17, 15) is 14.0 Å². The molecule has 1 aromatic heterocycles. The molecule has 0 fully saturated rings. The molecule has 0 aliphatic carbocycles. The standard InChI is InChI=1S/C13H12FN3O3/c1-7-9(6-15-17(7)2)12(18)16-11-5-8(13(19)20)3-4-10(11)14/h3-6H,1-2H3,(H,16,18)(H,19,20). The highest BCUT2D eigenvalue weighted by Crippen LogP contribution is 2.18. The summed E-state index contributed by atoms with van der Waals surface area (Å²) in [5, 5.41) is 15.1. The summed E-state index contributed by atoms with van der Waals surface area (Å²) in [5.74, 6) is -2.44. The third-order valence-electron chi connectivity index (χ3n) is 2.94. The number of nitrogens with zero attached hydrogens (tertiary/aromatic N) is 2. The molecule has 6 nitrogen and oxygen atoms in total. The average Bonchev–Trinajstić information content (AvgIpc) is 2.72. The zero-order valence-corrected chi connectivity index (χ0v) is 10.8. The molecule has 2 rings (SSSR count). The molecule has 2 N–H and O–H groups in total. The lowest BCUT2D eigenvalue weighted by atomic mass is 10.2. The third-order valence-corrected chi connectivity index (χ3v) is 2.94. The summed E-state index contributed by atoms with van der Waals surface area (Å²) < 4.78 is 15.1. The van der Waals surface area contributed by atoms with E-state index in [1.807, 2.05) is 0 Å². The van der Waals surface area contributed by atoms with Gasteiger partial charge >= 0.3 is 5.97 Å². The van der Waals surface area contributed by atoms with Crippen molar-refractivity contribution in [2.45, 2.75) is 6.92 Å². The van der Waals surface area contributed by atoms with Crippen LogP contribution in [0.4, 0.5) is 10.1 Å². The fraction of sp³-hybridized carbons (Fsp3) is 0.154. The number of nitrogens with one attached hydrogen (secondary N) is 1. The van der Waals surface area contributed by atoms with E-state index >= 15 is 0 Å². The van der Waals surface area contributed by atoms with Crippen LogP contribution < -0.4 is 5.32 Å². The first-order chi connectivity index (χ1) is 9.40. The van der Waals surface area contributed by atoms with Crippen LogP contribution in [0.25, 0.3) is 0 Å². The normalized spacial score (nSPS) is 10.3. The molecule has 0 radical (unpaired) electrons. The van der Waals surface area contributed by atoms with Crippen LogP contribution in [0.1, 0.15) is 26.4 Å². The molecule has 1 amide bonds. The van der Waals surface area contributed by atoms with Crippen molar-refractivity contribution >= 4 is 17.6 Å². The Labute approximate surface area is 113 Å². The number of aromatic nitrogens is 2. The fourth-order valence-corrected chi connectivity index (χ4v) is 1.67. The van der Waals surface area contributed by atoms with Gasteiger partial charge in [0.15, 0.2) is 0 Å². The monoisotopic (exact) mass is 277 g/mol. The number of aryl methyl sites for hydroxylation is 1. The highest BCUT2D eigenvalue weighted by molar-refractivity contribution is 6.05. The van der Waals surface area contributed by atoms with Gasteiger partial charge in [-0.2, -0.15) is 5.10 Å². The van der Waals surface area contributed by atoms with Gasteiger partial charge in [0.05, 0.1) is 23.0 Å². The molecule has 0 spiro atoms. The minimum Gasteiger partial charge on any atom is -0.478 e. The molecule has 0 aliphatic heterocycles. The maximum absolute atomic E-state index is 13.6. The van der Waals surface area contributed by atoms with Crippen molar-refractivity contribution in [3.8, 4) is 0 Å². The molecule has 104 valence electrons. The Morgan fingerprint density at radius 3 is 2.65 bits per heavy atom. The maximum atomic E-state index is 13.6.